The van der Waals surface area contributed by atoms with Gasteiger partial charge in [0.05, 0.1) is 6.42 Å². The molecule has 0 fully saturated rings. The number of rotatable bonds is 4. The van der Waals surface area contributed by atoms with Crippen molar-refractivity contribution in [1.29, 1.82) is 0 Å². The highest BCUT2D eigenvalue weighted by molar-refractivity contribution is 5.79. The van der Waals surface area contributed by atoms with Crippen molar-refractivity contribution in [2.24, 2.45) is 12.0 Å². The van der Waals surface area contributed by atoms with Crippen LogP contribution in [0, 0.1) is 0 Å². The molecule has 0 unspecified atom stereocenters. The van der Waals surface area contributed by atoms with Gasteiger partial charge in [0, 0.05) is 39.6 Å². The second-order valence-electron chi connectivity index (χ2n) is 3.90. The molecule has 0 saturated heterocycles. The van der Waals surface area contributed by atoms with Gasteiger partial charge in [-0.1, -0.05) is 0 Å². The lowest BCUT2D eigenvalue weighted by Crippen LogP contribution is -2.38. The molecule has 0 aliphatic heterocycles. The minimum atomic E-state index is -4.15. The van der Waals surface area contributed by atoms with E-state index in [1.54, 1.807) is 0 Å². The summed E-state index contributed by atoms with van der Waals surface area (Å²) < 4.78 is 37.8. The molecule has 7 heteroatoms. The average molecular weight is 262 g/mol. The first-order chi connectivity index (χ1) is 8.40. The Morgan fingerprint density at radius 2 is 2.11 bits per heavy atom. The smallest absolute Gasteiger partial charge is 0.357 e. The maximum atomic E-state index is 12.0. The molecule has 0 atom stereocenters. The first-order valence-corrected chi connectivity index (χ1v) is 5.53. The predicted octanol–water partition coefficient (Wildman–Crippen LogP) is 1.64. The molecule has 4 nitrogen and oxygen atoms in total. The number of aryl methyl sites for hydroxylation is 1. The summed E-state index contributed by atoms with van der Waals surface area (Å²) in [4.78, 5) is 3.85. The van der Waals surface area contributed by atoms with E-state index in [0.717, 1.165) is 5.56 Å². The number of hydrogen-bond acceptors (Lipinski definition) is 1. The van der Waals surface area contributed by atoms with Gasteiger partial charge in [-0.25, -0.2) is 0 Å². The molecule has 0 aliphatic carbocycles. The van der Waals surface area contributed by atoms with Crippen LogP contribution < -0.4 is 10.6 Å². The zero-order chi connectivity index (χ0) is 13.6. The van der Waals surface area contributed by atoms with E-state index in [1.165, 1.54) is 7.05 Å². The van der Waals surface area contributed by atoms with Crippen molar-refractivity contribution in [1.82, 2.24) is 15.2 Å². The largest absolute Gasteiger partial charge is 0.390 e. The van der Waals surface area contributed by atoms with E-state index in [4.69, 9.17) is 0 Å². The Kier molecular flexibility index (Phi) is 5.06. The number of aliphatic imine (C=N–C) groups is 1. The van der Waals surface area contributed by atoms with E-state index in [9.17, 15) is 13.2 Å². The van der Waals surface area contributed by atoms with Gasteiger partial charge in [-0.3, -0.25) is 4.99 Å². The Morgan fingerprint density at radius 3 is 2.61 bits per heavy atom. The first-order valence-electron chi connectivity index (χ1n) is 5.53. The molecular weight excluding hydrogens is 245 g/mol. The van der Waals surface area contributed by atoms with Crippen molar-refractivity contribution in [3.05, 3.63) is 24.0 Å². The van der Waals surface area contributed by atoms with Gasteiger partial charge >= 0.3 is 6.18 Å². The van der Waals surface area contributed by atoms with Crippen LogP contribution in [0.25, 0.3) is 0 Å². The zero-order valence-corrected chi connectivity index (χ0v) is 10.4. The normalized spacial score (nSPS) is 12.6. The standard InChI is InChI=1S/C11H17F3N4/c1-15-10(16-5-4-11(12,13)14)17-7-9-3-6-18(2)8-9/h3,6,8H,4-5,7H2,1-2H3,(H2,15,16,17). The van der Waals surface area contributed by atoms with Crippen molar-refractivity contribution >= 4 is 5.96 Å². The molecule has 18 heavy (non-hydrogen) atoms. The fraction of sp³-hybridized carbons (Fsp3) is 0.545. The van der Waals surface area contributed by atoms with Crippen LogP contribution in [0.2, 0.25) is 0 Å². The SMILES string of the molecule is CN=C(NCCC(F)(F)F)NCc1ccn(C)c1. The number of hydrogen-bond donors (Lipinski definition) is 2. The predicted molar refractivity (Wildman–Crippen MR) is 64.3 cm³/mol. The summed E-state index contributed by atoms with van der Waals surface area (Å²) >= 11 is 0. The third kappa shape index (κ3) is 5.60. The zero-order valence-electron chi connectivity index (χ0n) is 10.4. The molecule has 1 aromatic rings. The highest BCUT2D eigenvalue weighted by Crippen LogP contribution is 2.17. The number of nitrogens with one attached hydrogen (secondary N) is 2. The van der Waals surface area contributed by atoms with Crippen LogP contribution >= 0.6 is 0 Å². The topological polar surface area (TPSA) is 41.4 Å². The van der Waals surface area contributed by atoms with Crippen LogP contribution in [0.5, 0.6) is 0 Å². The quantitative estimate of drug-likeness (QED) is 0.640. The van der Waals surface area contributed by atoms with E-state index in [0.29, 0.717) is 12.5 Å². The Morgan fingerprint density at radius 1 is 1.39 bits per heavy atom. The molecule has 1 heterocycles. The van der Waals surface area contributed by atoms with Crippen molar-refractivity contribution in [2.75, 3.05) is 13.6 Å². The minimum Gasteiger partial charge on any atom is -0.357 e. The minimum absolute atomic E-state index is 0.183. The summed E-state index contributed by atoms with van der Waals surface area (Å²) in [7, 11) is 3.42. The van der Waals surface area contributed by atoms with Crippen LogP contribution in [0.15, 0.2) is 23.5 Å². The molecule has 0 saturated carbocycles. The summed E-state index contributed by atoms with van der Waals surface area (Å²) in [5, 5.41) is 5.56. The number of nitrogens with zero attached hydrogens (tertiary/aromatic N) is 2. The second kappa shape index (κ2) is 6.32. The lowest BCUT2D eigenvalue weighted by Gasteiger charge is -2.12. The summed E-state index contributed by atoms with van der Waals surface area (Å²) in [6.07, 6.45) is -1.20. The fourth-order valence-corrected chi connectivity index (χ4v) is 1.39. The molecule has 0 radical (unpaired) electrons. The maximum absolute atomic E-state index is 12.0. The summed E-state index contributed by atoms with van der Waals surface area (Å²) in [6, 6.07) is 1.93. The lowest BCUT2D eigenvalue weighted by atomic mass is 10.3. The van der Waals surface area contributed by atoms with Crippen molar-refractivity contribution in [3.63, 3.8) is 0 Å². The van der Waals surface area contributed by atoms with Gasteiger partial charge in [0.25, 0.3) is 0 Å². The highest BCUT2D eigenvalue weighted by atomic mass is 19.4. The van der Waals surface area contributed by atoms with Gasteiger partial charge in [-0.15, -0.1) is 0 Å². The van der Waals surface area contributed by atoms with E-state index in [2.05, 4.69) is 15.6 Å². The van der Waals surface area contributed by atoms with Crippen molar-refractivity contribution in [3.8, 4) is 0 Å². The molecular formula is C11H17F3N4. The van der Waals surface area contributed by atoms with Gasteiger partial charge in [-0.2, -0.15) is 13.2 Å². The number of aromatic nitrogens is 1. The van der Waals surface area contributed by atoms with E-state index in [1.807, 2.05) is 30.1 Å². The van der Waals surface area contributed by atoms with Gasteiger partial charge in [0.1, 0.15) is 0 Å². The van der Waals surface area contributed by atoms with Crippen LogP contribution in [0.4, 0.5) is 13.2 Å². The summed E-state index contributed by atoms with van der Waals surface area (Å²) in [5.41, 5.74) is 1.04. The van der Waals surface area contributed by atoms with Crippen LogP contribution in [-0.4, -0.2) is 30.3 Å². The Balaban J connectivity index is 2.30. The molecule has 0 aliphatic rings. The second-order valence-corrected chi connectivity index (χ2v) is 3.90. The van der Waals surface area contributed by atoms with Crippen molar-refractivity contribution in [2.45, 2.75) is 19.1 Å². The molecule has 0 bridgehead atoms. The lowest BCUT2D eigenvalue weighted by molar-refractivity contribution is -0.132. The maximum Gasteiger partial charge on any atom is 0.390 e. The fourth-order valence-electron chi connectivity index (χ4n) is 1.39. The Bertz CT molecular complexity index is 395. The third-order valence-electron chi connectivity index (χ3n) is 2.28. The summed E-state index contributed by atoms with van der Waals surface area (Å²) in [6.45, 7) is 0.338. The average Bonchev–Trinajstić information content (AvgIpc) is 2.67. The van der Waals surface area contributed by atoms with Gasteiger partial charge in [-0.05, 0) is 11.6 Å². The molecule has 1 rings (SSSR count). The molecule has 102 valence electrons. The number of halogens is 3. The van der Waals surface area contributed by atoms with E-state index in [-0.39, 0.29) is 6.54 Å². The van der Waals surface area contributed by atoms with Crippen LogP contribution in [0.1, 0.15) is 12.0 Å². The summed E-state index contributed by atoms with van der Waals surface area (Å²) in [5.74, 6) is 0.364. The molecule has 0 amide bonds. The molecule has 0 spiro atoms. The van der Waals surface area contributed by atoms with E-state index >= 15 is 0 Å². The monoisotopic (exact) mass is 262 g/mol. The molecule has 2 N–H and O–H groups in total. The van der Waals surface area contributed by atoms with Crippen LogP contribution in [0.3, 0.4) is 0 Å². The number of alkyl halides is 3. The third-order valence-corrected chi connectivity index (χ3v) is 2.28. The van der Waals surface area contributed by atoms with Crippen molar-refractivity contribution < 1.29 is 13.2 Å². The first kappa shape index (κ1) is 14.4. The number of guanidine groups is 1. The van der Waals surface area contributed by atoms with Gasteiger partial charge in [0.2, 0.25) is 0 Å². The van der Waals surface area contributed by atoms with Crippen LogP contribution in [-0.2, 0) is 13.6 Å². The van der Waals surface area contributed by atoms with Gasteiger partial charge in [0.15, 0.2) is 5.96 Å². The van der Waals surface area contributed by atoms with E-state index < -0.39 is 12.6 Å². The highest BCUT2D eigenvalue weighted by Gasteiger charge is 2.26. The molecule has 0 aromatic carbocycles. The Hall–Kier alpha value is -1.66. The van der Waals surface area contributed by atoms with Gasteiger partial charge < -0.3 is 15.2 Å². The Labute approximate surface area is 104 Å². The molecule has 1 aromatic heterocycles.